The molecule has 2 aromatic carbocycles. The monoisotopic (exact) mass is 359 g/mol. The lowest BCUT2D eigenvalue weighted by Crippen LogP contribution is -2.20. The second kappa shape index (κ2) is 8.17. The molecule has 2 aromatic rings. The highest BCUT2D eigenvalue weighted by atomic mass is 35.5. The van der Waals surface area contributed by atoms with E-state index in [0.29, 0.717) is 22.0 Å². The van der Waals surface area contributed by atoms with E-state index in [4.69, 9.17) is 16.3 Å². The Labute approximate surface area is 153 Å². The third-order valence-corrected chi connectivity index (χ3v) is 4.25. The van der Waals surface area contributed by atoms with Crippen LogP contribution in [0, 0.1) is 6.92 Å². The molecule has 0 atom stereocenters. The number of carbonyl (C=O) groups is 2. The van der Waals surface area contributed by atoms with Crippen LogP contribution in [-0.4, -0.2) is 18.3 Å². The van der Waals surface area contributed by atoms with E-state index in [1.165, 1.54) is 6.92 Å². The topological polar surface area (TPSA) is 55.4 Å². The first-order valence-corrected chi connectivity index (χ1v) is 8.49. The summed E-state index contributed by atoms with van der Waals surface area (Å²) >= 11 is 6.18. The third kappa shape index (κ3) is 5.07. The largest absolute Gasteiger partial charge is 0.483 e. The first-order chi connectivity index (χ1) is 11.8. The van der Waals surface area contributed by atoms with Crippen LogP contribution in [0.2, 0.25) is 5.02 Å². The van der Waals surface area contributed by atoms with E-state index in [0.717, 1.165) is 11.1 Å². The molecule has 4 nitrogen and oxygen atoms in total. The molecular weight excluding hydrogens is 338 g/mol. The van der Waals surface area contributed by atoms with Crippen LogP contribution in [0.4, 0.5) is 5.69 Å². The van der Waals surface area contributed by atoms with E-state index in [2.05, 4.69) is 5.32 Å². The van der Waals surface area contributed by atoms with Gasteiger partial charge in [-0.2, -0.15) is 0 Å². The molecule has 2 rings (SSSR count). The van der Waals surface area contributed by atoms with E-state index >= 15 is 0 Å². The van der Waals surface area contributed by atoms with Gasteiger partial charge >= 0.3 is 0 Å². The fraction of sp³-hybridized carbons (Fsp3) is 0.300. The maximum atomic E-state index is 12.1. The fourth-order valence-electron chi connectivity index (χ4n) is 2.38. The van der Waals surface area contributed by atoms with Gasteiger partial charge in [-0.15, -0.1) is 0 Å². The van der Waals surface area contributed by atoms with Gasteiger partial charge in [0.15, 0.2) is 12.4 Å². The minimum absolute atomic E-state index is 0.0134. The van der Waals surface area contributed by atoms with Crippen molar-refractivity contribution in [3.05, 3.63) is 58.1 Å². The zero-order valence-electron chi connectivity index (χ0n) is 14.9. The molecule has 0 aliphatic rings. The van der Waals surface area contributed by atoms with Gasteiger partial charge in [0.1, 0.15) is 5.75 Å². The van der Waals surface area contributed by atoms with Gasteiger partial charge in [0.05, 0.1) is 0 Å². The Morgan fingerprint density at radius 3 is 2.36 bits per heavy atom. The van der Waals surface area contributed by atoms with Crippen molar-refractivity contribution in [3.63, 3.8) is 0 Å². The standard InChI is InChI=1S/C20H22ClNO3/c1-12(2)17-10-18(21)13(3)9-19(17)25-11-20(24)22-16-7-5-15(6-8-16)14(4)23/h5-10,12H,11H2,1-4H3,(H,22,24). The van der Waals surface area contributed by atoms with Gasteiger partial charge in [0.25, 0.3) is 5.91 Å². The second-order valence-electron chi connectivity index (χ2n) is 6.26. The molecule has 0 unspecified atom stereocenters. The number of Topliss-reactive ketones (excluding diaryl/α,β-unsaturated/α-hetero) is 1. The maximum absolute atomic E-state index is 12.1. The van der Waals surface area contributed by atoms with Crippen molar-refractivity contribution in [1.29, 1.82) is 0 Å². The first kappa shape index (κ1) is 19.0. The van der Waals surface area contributed by atoms with E-state index in [1.807, 2.05) is 32.9 Å². The zero-order valence-corrected chi connectivity index (χ0v) is 15.6. The Balaban J connectivity index is 2.02. The smallest absolute Gasteiger partial charge is 0.262 e. The van der Waals surface area contributed by atoms with Crippen molar-refractivity contribution < 1.29 is 14.3 Å². The number of hydrogen-bond acceptors (Lipinski definition) is 3. The van der Waals surface area contributed by atoms with E-state index in [1.54, 1.807) is 24.3 Å². The van der Waals surface area contributed by atoms with Crippen LogP contribution in [0.1, 0.15) is 48.2 Å². The summed E-state index contributed by atoms with van der Waals surface area (Å²) in [6, 6.07) is 10.5. The molecule has 0 spiro atoms. The number of anilines is 1. The summed E-state index contributed by atoms with van der Waals surface area (Å²) in [4.78, 5) is 23.4. The number of ketones is 1. The molecule has 1 N–H and O–H groups in total. The first-order valence-electron chi connectivity index (χ1n) is 8.11. The molecule has 1 amide bonds. The third-order valence-electron chi connectivity index (χ3n) is 3.85. The molecule has 0 aromatic heterocycles. The molecule has 0 aliphatic heterocycles. The maximum Gasteiger partial charge on any atom is 0.262 e. The summed E-state index contributed by atoms with van der Waals surface area (Å²) in [6.45, 7) is 7.39. The normalized spacial score (nSPS) is 10.6. The lowest BCUT2D eigenvalue weighted by atomic mass is 10.0. The highest BCUT2D eigenvalue weighted by molar-refractivity contribution is 6.31. The summed E-state index contributed by atoms with van der Waals surface area (Å²) in [5, 5.41) is 3.44. The number of amides is 1. The molecule has 25 heavy (non-hydrogen) atoms. The van der Waals surface area contributed by atoms with Crippen molar-refractivity contribution in [3.8, 4) is 5.75 Å². The molecule has 0 aliphatic carbocycles. The Kier molecular flexibility index (Phi) is 6.21. The number of aryl methyl sites for hydroxylation is 1. The molecule has 5 heteroatoms. The highest BCUT2D eigenvalue weighted by Gasteiger charge is 2.13. The molecule has 0 saturated carbocycles. The van der Waals surface area contributed by atoms with E-state index < -0.39 is 0 Å². The summed E-state index contributed by atoms with van der Waals surface area (Å²) in [5.74, 6) is 0.618. The zero-order chi connectivity index (χ0) is 18.6. The van der Waals surface area contributed by atoms with Gasteiger partial charge < -0.3 is 10.1 Å². The van der Waals surface area contributed by atoms with E-state index in [-0.39, 0.29) is 24.2 Å². The van der Waals surface area contributed by atoms with Crippen LogP contribution in [0.3, 0.4) is 0 Å². The lowest BCUT2D eigenvalue weighted by Gasteiger charge is -2.16. The van der Waals surface area contributed by atoms with Crippen molar-refractivity contribution in [2.75, 3.05) is 11.9 Å². The SMILES string of the molecule is CC(=O)c1ccc(NC(=O)COc2cc(C)c(Cl)cc2C(C)C)cc1. The minimum Gasteiger partial charge on any atom is -0.483 e. The number of rotatable bonds is 6. The number of nitrogens with one attached hydrogen (secondary N) is 1. The molecule has 0 fully saturated rings. The van der Waals surface area contributed by atoms with Crippen molar-refractivity contribution in [2.45, 2.75) is 33.6 Å². The number of ether oxygens (including phenoxy) is 1. The van der Waals surface area contributed by atoms with Gasteiger partial charge in [-0.3, -0.25) is 9.59 Å². The average Bonchev–Trinajstić information content (AvgIpc) is 2.55. The molecule has 0 radical (unpaired) electrons. The van der Waals surface area contributed by atoms with Gasteiger partial charge in [0.2, 0.25) is 0 Å². The second-order valence-corrected chi connectivity index (χ2v) is 6.67. The number of benzene rings is 2. The highest BCUT2D eigenvalue weighted by Crippen LogP contribution is 2.32. The van der Waals surface area contributed by atoms with Crippen LogP contribution in [0.15, 0.2) is 36.4 Å². The van der Waals surface area contributed by atoms with Crippen LogP contribution >= 0.6 is 11.6 Å². The lowest BCUT2D eigenvalue weighted by molar-refractivity contribution is -0.118. The van der Waals surface area contributed by atoms with Gasteiger partial charge in [-0.05, 0) is 67.3 Å². The summed E-state index contributed by atoms with van der Waals surface area (Å²) < 4.78 is 5.71. The van der Waals surface area contributed by atoms with Gasteiger partial charge in [-0.1, -0.05) is 25.4 Å². The summed E-state index contributed by atoms with van der Waals surface area (Å²) in [7, 11) is 0. The quantitative estimate of drug-likeness (QED) is 0.739. The summed E-state index contributed by atoms with van der Waals surface area (Å²) in [5.41, 5.74) is 3.10. The number of halogens is 1. The number of carbonyl (C=O) groups excluding carboxylic acids is 2. The van der Waals surface area contributed by atoms with Crippen molar-refractivity contribution in [2.24, 2.45) is 0 Å². The molecule has 132 valence electrons. The Bertz CT molecular complexity index is 782. The van der Waals surface area contributed by atoms with Gasteiger partial charge in [-0.25, -0.2) is 0 Å². The molecule has 0 saturated heterocycles. The number of hydrogen-bond donors (Lipinski definition) is 1. The van der Waals surface area contributed by atoms with Crippen LogP contribution in [-0.2, 0) is 4.79 Å². The van der Waals surface area contributed by atoms with Crippen LogP contribution in [0.25, 0.3) is 0 Å². The Morgan fingerprint density at radius 2 is 1.80 bits per heavy atom. The van der Waals surface area contributed by atoms with Crippen LogP contribution < -0.4 is 10.1 Å². The van der Waals surface area contributed by atoms with Gasteiger partial charge in [0, 0.05) is 16.3 Å². The molecular formula is C20H22ClNO3. The van der Waals surface area contributed by atoms with Crippen molar-refractivity contribution in [1.82, 2.24) is 0 Å². The minimum atomic E-state index is -0.266. The predicted molar refractivity (Wildman–Crippen MR) is 101 cm³/mol. The predicted octanol–water partition coefficient (Wildman–Crippen LogP) is 4.99. The summed E-state index contributed by atoms with van der Waals surface area (Å²) in [6.07, 6.45) is 0. The Hall–Kier alpha value is -2.33. The van der Waals surface area contributed by atoms with E-state index in [9.17, 15) is 9.59 Å². The molecule has 0 heterocycles. The van der Waals surface area contributed by atoms with Crippen LogP contribution in [0.5, 0.6) is 5.75 Å². The Morgan fingerprint density at radius 1 is 1.16 bits per heavy atom. The average molecular weight is 360 g/mol. The van der Waals surface area contributed by atoms with Crippen molar-refractivity contribution >= 4 is 29.0 Å². The fourth-order valence-corrected chi connectivity index (χ4v) is 2.55. The molecule has 0 bridgehead atoms.